The molecule has 0 N–H and O–H groups in total. The summed E-state index contributed by atoms with van der Waals surface area (Å²) >= 11 is 0. The molecule has 0 bridgehead atoms. The number of fused-ring (bicyclic) bond motifs is 1. The Balaban J connectivity index is 2.97. The summed E-state index contributed by atoms with van der Waals surface area (Å²) in [5, 5.41) is 2.97. The van der Waals surface area contributed by atoms with Crippen molar-refractivity contribution in [3.8, 4) is 0 Å². The van der Waals surface area contributed by atoms with Gasteiger partial charge in [-0.1, -0.05) is 5.16 Å². The van der Waals surface area contributed by atoms with Gasteiger partial charge in [0.2, 0.25) is 0 Å². The number of rotatable bonds is 1. The average molecular weight is 254 g/mol. The van der Waals surface area contributed by atoms with Crippen molar-refractivity contribution < 1.29 is 21.7 Å². The van der Waals surface area contributed by atoms with Gasteiger partial charge in [-0.25, -0.2) is 17.2 Å². The number of nitrogens with zero attached hydrogens (tertiary/aromatic N) is 1. The maximum absolute atomic E-state index is 13.5. The van der Waals surface area contributed by atoms with Gasteiger partial charge in [0, 0.05) is 16.7 Å². The van der Waals surface area contributed by atoms with Crippen LogP contribution in [0.25, 0.3) is 11.0 Å². The summed E-state index contributed by atoms with van der Waals surface area (Å²) in [7, 11) is 0.397. The Bertz CT molecular complexity index is 637. The van der Waals surface area contributed by atoms with Gasteiger partial charge in [-0.2, -0.15) is 0 Å². The first-order valence-corrected chi connectivity index (χ1v) is 5.89. The van der Waals surface area contributed by atoms with E-state index >= 15 is 0 Å². The molecule has 0 radical (unpaired) electrons. The predicted molar refractivity (Wildman–Crippen MR) is 47.0 cm³/mol. The molecule has 2 aromatic rings. The minimum Gasteiger partial charge on any atom is -0.356 e. The zero-order valence-corrected chi connectivity index (χ0v) is 8.44. The molecule has 0 atom stereocenters. The molecule has 0 unspecified atom stereocenters. The van der Waals surface area contributed by atoms with Crippen LogP contribution < -0.4 is 0 Å². The van der Waals surface area contributed by atoms with E-state index in [2.05, 4.69) is 9.68 Å². The Kier molecular flexibility index (Phi) is 2.16. The molecule has 0 saturated heterocycles. The fraction of sp³-hybridized carbons (Fsp3) is 0. The highest BCUT2D eigenvalue weighted by Crippen LogP contribution is 2.29. The van der Waals surface area contributed by atoms with Gasteiger partial charge in [0.25, 0.3) is 9.05 Å². The quantitative estimate of drug-likeness (QED) is 0.730. The molecule has 0 aliphatic carbocycles. The van der Waals surface area contributed by atoms with Crippen LogP contribution in [0.3, 0.4) is 0 Å². The molecular formula is C7H2ClF2NO3S. The van der Waals surface area contributed by atoms with E-state index in [-0.39, 0.29) is 11.0 Å². The lowest BCUT2D eigenvalue weighted by Crippen LogP contribution is -2.00. The number of hydrogen-bond acceptors (Lipinski definition) is 4. The predicted octanol–water partition coefficient (Wildman–Crippen LogP) is 2.03. The molecule has 1 aromatic heterocycles. The summed E-state index contributed by atoms with van der Waals surface area (Å²) in [5.41, 5.74) is -0.186. The fourth-order valence-corrected chi connectivity index (χ4v) is 2.19. The van der Waals surface area contributed by atoms with E-state index < -0.39 is 25.6 Å². The van der Waals surface area contributed by atoms with Gasteiger partial charge < -0.3 is 4.52 Å². The molecule has 0 aliphatic rings. The Morgan fingerprint density at radius 2 is 2.07 bits per heavy atom. The lowest BCUT2D eigenvalue weighted by atomic mass is 10.2. The van der Waals surface area contributed by atoms with Crippen LogP contribution in [0.5, 0.6) is 0 Å². The third kappa shape index (κ3) is 1.57. The van der Waals surface area contributed by atoms with Crippen molar-refractivity contribution in [2.75, 3.05) is 0 Å². The van der Waals surface area contributed by atoms with E-state index in [0.29, 0.717) is 6.07 Å². The number of halogens is 3. The van der Waals surface area contributed by atoms with Gasteiger partial charge in [-0.3, -0.25) is 0 Å². The third-order valence-electron chi connectivity index (χ3n) is 1.75. The van der Waals surface area contributed by atoms with E-state index in [1.165, 1.54) is 0 Å². The van der Waals surface area contributed by atoms with Crippen LogP contribution in [-0.4, -0.2) is 13.6 Å². The monoisotopic (exact) mass is 253 g/mol. The van der Waals surface area contributed by atoms with Crippen LogP contribution in [-0.2, 0) is 9.05 Å². The zero-order chi connectivity index (χ0) is 11.2. The SMILES string of the molecule is O=S(=O)(Cl)c1c(F)cc2oncc2c1F. The Labute approximate surface area is 86.8 Å². The number of hydrogen-bond donors (Lipinski definition) is 0. The van der Waals surface area contributed by atoms with Gasteiger partial charge in [0.05, 0.1) is 11.6 Å². The van der Waals surface area contributed by atoms with E-state index in [1.54, 1.807) is 0 Å². The summed E-state index contributed by atoms with van der Waals surface area (Å²) in [6.07, 6.45) is 0.940. The van der Waals surface area contributed by atoms with Gasteiger partial charge in [0.1, 0.15) is 5.82 Å². The fourth-order valence-electron chi connectivity index (χ4n) is 1.15. The summed E-state index contributed by atoms with van der Waals surface area (Å²) < 4.78 is 52.8. The van der Waals surface area contributed by atoms with Crippen LogP contribution in [0, 0.1) is 11.6 Å². The maximum Gasteiger partial charge on any atom is 0.267 e. The van der Waals surface area contributed by atoms with E-state index in [4.69, 9.17) is 10.7 Å². The summed E-state index contributed by atoms with van der Waals surface area (Å²) in [5.74, 6) is -2.62. The van der Waals surface area contributed by atoms with Gasteiger partial charge >= 0.3 is 0 Å². The first kappa shape index (κ1) is 10.3. The molecule has 0 saturated carbocycles. The van der Waals surface area contributed by atoms with Crippen molar-refractivity contribution in [3.63, 3.8) is 0 Å². The van der Waals surface area contributed by atoms with Gasteiger partial charge in [-0.15, -0.1) is 0 Å². The summed E-state index contributed by atoms with van der Waals surface area (Å²) in [6.45, 7) is 0. The molecule has 8 heteroatoms. The smallest absolute Gasteiger partial charge is 0.267 e. The van der Waals surface area contributed by atoms with Crippen LogP contribution in [0.4, 0.5) is 8.78 Å². The molecule has 1 aromatic carbocycles. The van der Waals surface area contributed by atoms with Crippen LogP contribution >= 0.6 is 10.7 Å². The van der Waals surface area contributed by atoms with Gasteiger partial charge in [-0.05, 0) is 0 Å². The van der Waals surface area contributed by atoms with E-state index in [1.807, 2.05) is 0 Å². The zero-order valence-electron chi connectivity index (χ0n) is 6.87. The Morgan fingerprint density at radius 3 is 2.67 bits per heavy atom. The summed E-state index contributed by atoms with van der Waals surface area (Å²) in [6, 6.07) is 0.709. The molecule has 0 spiro atoms. The normalized spacial score (nSPS) is 12.2. The number of aromatic nitrogens is 1. The van der Waals surface area contributed by atoms with Crippen LogP contribution in [0.2, 0.25) is 0 Å². The minimum atomic E-state index is -4.48. The highest BCUT2D eigenvalue weighted by molar-refractivity contribution is 8.13. The molecule has 1 heterocycles. The molecule has 0 aliphatic heterocycles. The average Bonchev–Trinajstić information content (AvgIpc) is 2.48. The largest absolute Gasteiger partial charge is 0.356 e. The standard InChI is InChI=1S/C7H2ClF2NO3S/c8-15(12,13)7-4(9)1-5-3(6(7)10)2-11-14-5/h1-2H. The number of benzene rings is 1. The van der Waals surface area contributed by atoms with Crippen molar-refractivity contribution in [2.45, 2.75) is 4.90 Å². The van der Waals surface area contributed by atoms with Crippen molar-refractivity contribution in [1.82, 2.24) is 5.16 Å². The Hall–Kier alpha value is -1.21. The van der Waals surface area contributed by atoms with E-state index in [9.17, 15) is 17.2 Å². The molecule has 80 valence electrons. The first-order chi connectivity index (χ1) is 6.91. The molecule has 0 amide bonds. The first-order valence-electron chi connectivity index (χ1n) is 3.58. The van der Waals surface area contributed by atoms with Crippen molar-refractivity contribution in [2.24, 2.45) is 0 Å². The van der Waals surface area contributed by atoms with Crippen molar-refractivity contribution in [1.29, 1.82) is 0 Å². The maximum atomic E-state index is 13.5. The van der Waals surface area contributed by atoms with Crippen LogP contribution in [0.1, 0.15) is 0 Å². The second-order valence-electron chi connectivity index (χ2n) is 2.68. The topological polar surface area (TPSA) is 60.2 Å². The third-order valence-corrected chi connectivity index (χ3v) is 3.08. The highest BCUT2D eigenvalue weighted by atomic mass is 35.7. The minimum absolute atomic E-state index is 0.186. The molecule has 2 rings (SSSR count). The highest BCUT2D eigenvalue weighted by Gasteiger charge is 2.25. The van der Waals surface area contributed by atoms with Gasteiger partial charge in [0.15, 0.2) is 16.3 Å². The van der Waals surface area contributed by atoms with Crippen molar-refractivity contribution in [3.05, 3.63) is 23.9 Å². The molecule has 4 nitrogen and oxygen atoms in total. The molecule has 0 fully saturated rings. The second-order valence-corrected chi connectivity index (χ2v) is 5.18. The van der Waals surface area contributed by atoms with Crippen LogP contribution in [0.15, 0.2) is 21.7 Å². The lowest BCUT2D eigenvalue weighted by Gasteiger charge is -2.00. The Morgan fingerprint density at radius 1 is 1.40 bits per heavy atom. The molecular weight excluding hydrogens is 252 g/mol. The second kappa shape index (κ2) is 3.14. The molecule has 15 heavy (non-hydrogen) atoms. The van der Waals surface area contributed by atoms with Crippen molar-refractivity contribution >= 4 is 30.7 Å². The lowest BCUT2D eigenvalue weighted by molar-refractivity contribution is 0.452. The summed E-state index contributed by atoms with van der Waals surface area (Å²) in [4.78, 5) is -1.19. The van der Waals surface area contributed by atoms with E-state index in [0.717, 1.165) is 6.20 Å².